The lowest BCUT2D eigenvalue weighted by Crippen LogP contribution is -2.54. The maximum absolute atomic E-state index is 12.1. The maximum Gasteiger partial charge on any atom is 0.409 e. The van der Waals surface area contributed by atoms with Crippen LogP contribution in [0.1, 0.15) is 24.2 Å². The van der Waals surface area contributed by atoms with Gasteiger partial charge in [-0.05, 0) is 38.1 Å². The first-order valence-electron chi connectivity index (χ1n) is 9.57. The Balaban J connectivity index is 1.81. The summed E-state index contributed by atoms with van der Waals surface area (Å²) in [5.74, 6) is 0.688. The summed E-state index contributed by atoms with van der Waals surface area (Å²) < 4.78 is 5.04. The molecule has 0 bridgehead atoms. The molecule has 154 valence electrons. The number of nitrogens with one attached hydrogen (secondary N) is 2. The molecular formula is C19H29N5O4. The molecule has 0 radical (unpaired) electrons. The van der Waals surface area contributed by atoms with Crippen molar-refractivity contribution in [3.05, 3.63) is 29.8 Å². The number of hydrogen-bond donors (Lipinski definition) is 3. The molecule has 28 heavy (non-hydrogen) atoms. The summed E-state index contributed by atoms with van der Waals surface area (Å²) in [6.45, 7) is 8.25. The molecule has 0 aromatic heterocycles. The van der Waals surface area contributed by atoms with Crippen molar-refractivity contribution in [1.82, 2.24) is 20.4 Å². The Morgan fingerprint density at radius 2 is 1.71 bits per heavy atom. The number of carbonyl (C=O) groups is 2. The maximum atomic E-state index is 12.1. The number of nitrogens with zero attached hydrogens (tertiary/aromatic N) is 3. The van der Waals surface area contributed by atoms with Crippen LogP contribution in [0.2, 0.25) is 0 Å². The number of benzene rings is 1. The highest BCUT2D eigenvalue weighted by Crippen LogP contribution is 2.09. The highest BCUT2D eigenvalue weighted by Gasteiger charge is 2.23. The first-order valence-corrected chi connectivity index (χ1v) is 9.57. The third kappa shape index (κ3) is 6.33. The Bertz CT molecular complexity index is 669. The van der Waals surface area contributed by atoms with Gasteiger partial charge in [0, 0.05) is 44.8 Å². The van der Waals surface area contributed by atoms with Crippen LogP contribution >= 0.6 is 0 Å². The molecule has 0 saturated carbocycles. The molecule has 9 heteroatoms. The van der Waals surface area contributed by atoms with Gasteiger partial charge in [-0.25, -0.2) is 4.79 Å². The average Bonchev–Trinajstić information content (AvgIpc) is 2.71. The van der Waals surface area contributed by atoms with E-state index in [1.807, 2.05) is 6.92 Å². The molecule has 1 fully saturated rings. The number of amides is 2. The molecule has 0 atom stereocenters. The van der Waals surface area contributed by atoms with Crippen LogP contribution in [0, 0.1) is 0 Å². The zero-order valence-corrected chi connectivity index (χ0v) is 16.5. The molecule has 1 saturated heterocycles. The number of phenols is 1. The highest BCUT2D eigenvalue weighted by atomic mass is 16.6. The van der Waals surface area contributed by atoms with Crippen LogP contribution < -0.4 is 10.6 Å². The van der Waals surface area contributed by atoms with Crippen molar-refractivity contribution in [3.8, 4) is 5.75 Å². The first-order chi connectivity index (χ1) is 13.5. The number of phenolic OH excluding ortho intramolecular Hbond substituents is 1. The van der Waals surface area contributed by atoms with E-state index in [2.05, 4.69) is 20.5 Å². The number of piperazine rings is 1. The summed E-state index contributed by atoms with van der Waals surface area (Å²) in [5.41, 5.74) is 0.490. The Morgan fingerprint density at radius 3 is 2.32 bits per heavy atom. The van der Waals surface area contributed by atoms with Crippen molar-refractivity contribution >= 4 is 18.0 Å². The van der Waals surface area contributed by atoms with E-state index in [0.717, 1.165) is 12.5 Å². The minimum atomic E-state index is -0.277. The molecule has 1 aliphatic rings. The van der Waals surface area contributed by atoms with Crippen molar-refractivity contribution in [1.29, 1.82) is 0 Å². The van der Waals surface area contributed by atoms with E-state index in [1.165, 1.54) is 12.1 Å². The lowest BCUT2D eigenvalue weighted by atomic mass is 10.2. The van der Waals surface area contributed by atoms with E-state index in [9.17, 15) is 14.7 Å². The van der Waals surface area contributed by atoms with Gasteiger partial charge in [0.25, 0.3) is 5.91 Å². The van der Waals surface area contributed by atoms with Crippen molar-refractivity contribution in [2.75, 3.05) is 52.4 Å². The Morgan fingerprint density at radius 1 is 1.07 bits per heavy atom. The molecule has 1 aromatic rings. The standard InChI is InChI=1S/C19H29N5O4/c1-3-20-18(23-11-13-24(14-12-23)19(27)28-4-2)22-10-9-21-17(26)15-5-7-16(25)8-6-15/h5-8,25H,3-4,9-14H2,1-2H3,(H,20,22)(H,21,26). The van der Waals surface area contributed by atoms with Crippen LogP contribution in [0.4, 0.5) is 4.79 Å². The number of rotatable bonds is 6. The molecule has 9 nitrogen and oxygen atoms in total. The van der Waals surface area contributed by atoms with Crippen molar-refractivity contribution in [3.63, 3.8) is 0 Å². The summed E-state index contributed by atoms with van der Waals surface area (Å²) in [6, 6.07) is 6.10. The number of hydrogen-bond acceptors (Lipinski definition) is 5. The van der Waals surface area contributed by atoms with Gasteiger partial charge in [-0.1, -0.05) is 0 Å². The van der Waals surface area contributed by atoms with Gasteiger partial charge < -0.3 is 30.3 Å². The number of aromatic hydroxyl groups is 1. The monoisotopic (exact) mass is 391 g/mol. The van der Waals surface area contributed by atoms with Crippen LogP contribution in [0.5, 0.6) is 5.75 Å². The minimum absolute atomic E-state index is 0.125. The zero-order valence-electron chi connectivity index (χ0n) is 16.5. The molecule has 1 aliphatic heterocycles. The lowest BCUT2D eigenvalue weighted by Gasteiger charge is -2.35. The topological polar surface area (TPSA) is 106 Å². The normalized spacial score (nSPS) is 14.6. The number of carbonyl (C=O) groups excluding carboxylic acids is 2. The Hall–Kier alpha value is -2.97. The van der Waals surface area contributed by atoms with E-state index < -0.39 is 0 Å². The molecule has 1 aromatic carbocycles. The first kappa shape index (κ1) is 21.3. The van der Waals surface area contributed by atoms with Gasteiger partial charge in [-0.3, -0.25) is 9.79 Å². The van der Waals surface area contributed by atoms with Crippen molar-refractivity contribution < 1.29 is 19.4 Å². The van der Waals surface area contributed by atoms with E-state index in [-0.39, 0.29) is 17.7 Å². The smallest absolute Gasteiger partial charge is 0.409 e. The Kier molecular flexibility index (Phi) is 8.38. The van der Waals surface area contributed by atoms with Gasteiger partial charge in [0.2, 0.25) is 0 Å². The van der Waals surface area contributed by atoms with Gasteiger partial charge in [0.15, 0.2) is 5.96 Å². The summed E-state index contributed by atoms with van der Waals surface area (Å²) in [4.78, 5) is 32.2. The largest absolute Gasteiger partial charge is 0.508 e. The lowest BCUT2D eigenvalue weighted by molar-refractivity contribution is 0.0914. The van der Waals surface area contributed by atoms with Gasteiger partial charge in [0.05, 0.1) is 13.2 Å². The third-order valence-electron chi connectivity index (χ3n) is 4.23. The van der Waals surface area contributed by atoms with Crippen LogP contribution in [0.25, 0.3) is 0 Å². The molecule has 1 heterocycles. The van der Waals surface area contributed by atoms with E-state index >= 15 is 0 Å². The number of ether oxygens (including phenoxy) is 1. The molecule has 3 N–H and O–H groups in total. The van der Waals surface area contributed by atoms with Crippen molar-refractivity contribution in [2.45, 2.75) is 13.8 Å². The fourth-order valence-electron chi connectivity index (χ4n) is 2.79. The van der Waals surface area contributed by atoms with E-state index in [0.29, 0.717) is 51.4 Å². The second kappa shape index (κ2) is 11.0. The molecule has 0 aliphatic carbocycles. The summed E-state index contributed by atoms with van der Waals surface area (Å²) in [5, 5.41) is 15.3. The van der Waals surface area contributed by atoms with E-state index in [1.54, 1.807) is 24.0 Å². The molecular weight excluding hydrogens is 362 g/mol. The molecule has 2 rings (SSSR count). The second-order valence-corrected chi connectivity index (χ2v) is 6.21. The quantitative estimate of drug-likeness (QED) is 0.377. The summed E-state index contributed by atoms with van der Waals surface area (Å²) in [6.07, 6.45) is -0.277. The van der Waals surface area contributed by atoms with Crippen LogP contribution in [0.3, 0.4) is 0 Å². The number of guanidine groups is 1. The van der Waals surface area contributed by atoms with Gasteiger partial charge in [-0.15, -0.1) is 0 Å². The third-order valence-corrected chi connectivity index (χ3v) is 4.23. The van der Waals surface area contributed by atoms with Crippen LogP contribution in [-0.4, -0.2) is 85.3 Å². The van der Waals surface area contributed by atoms with E-state index in [4.69, 9.17) is 4.74 Å². The van der Waals surface area contributed by atoms with Gasteiger partial charge in [-0.2, -0.15) is 0 Å². The second-order valence-electron chi connectivity index (χ2n) is 6.21. The highest BCUT2D eigenvalue weighted by molar-refractivity contribution is 5.94. The Labute approximate surface area is 165 Å². The molecule has 0 unspecified atom stereocenters. The minimum Gasteiger partial charge on any atom is -0.508 e. The van der Waals surface area contributed by atoms with Crippen molar-refractivity contribution in [2.24, 2.45) is 4.99 Å². The number of aliphatic imine (C=N–C) groups is 1. The molecule has 2 amide bonds. The SMILES string of the molecule is CCNC(=NCCNC(=O)c1ccc(O)cc1)N1CCN(C(=O)OCC)CC1. The average molecular weight is 391 g/mol. The fourth-order valence-corrected chi connectivity index (χ4v) is 2.79. The predicted octanol–water partition coefficient (Wildman–Crippen LogP) is 0.862. The van der Waals surface area contributed by atoms with Gasteiger partial charge in [0.1, 0.15) is 5.75 Å². The van der Waals surface area contributed by atoms with Crippen LogP contribution in [0.15, 0.2) is 29.3 Å². The summed E-state index contributed by atoms with van der Waals surface area (Å²) in [7, 11) is 0. The van der Waals surface area contributed by atoms with Gasteiger partial charge >= 0.3 is 6.09 Å². The molecule has 0 spiro atoms. The summed E-state index contributed by atoms with van der Waals surface area (Å²) >= 11 is 0. The fraction of sp³-hybridized carbons (Fsp3) is 0.526. The zero-order chi connectivity index (χ0) is 20.4. The predicted molar refractivity (Wildman–Crippen MR) is 107 cm³/mol. The van der Waals surface area contributed by atoms with Crippen LogP contribution in [-0.2, 0) is 4.74 Å².